The molecule has 2 aromatic heterocycles. The topological polar surface area (TPSA) is 91.1 Å². The zero-order valence-electron chi connectivity index (χ0n) is 20.0. The van der Waals surface area contributed by atoms with Gasteiger partial charge >= 0.3 is 0 Å². The molecule has 5 rings (SSSR count). The maximum absolute atomic E-state index is 13.8. The fourth-order valence-electron chi connectivity index (χ4n) is 4.55. The quantitative estimate of drug-likeness (QED) is 0.420. The zero-order valence-corrected chi connectivity index (χ0v) is 20.0. The standard InChI is InChI=1S/C27H24N2O6/c1-14-6-7-18-17(10-14)24(30)22-23(16-12-19(32-3)25(34-5)20(13-16)33-4)29(27(31)26(22)35-18)21-11-15(2)8-9-28-21/h6-13,23H,1-5H3/t23-/m0/s1. The van der Waals surface area contributed by atoms with E-state index in [2.05, 4.69) is 4.98 Å². The SMILES string of the molecule is COc1cc([C@H]2c3c(oc4ccc(C)cc4c3=O)C(=O)N2c2cc(C)ccn2)cc(OC)c1OC. The molecule has 0 radical (unpaired) electrons. The van der Waals surface area contributed by atoms with E-state index in [1.54, 1.807) is 36.5 Å². The number of benzene rings is 2. The number of hydrogen-bond acceptors (Lipinski definition) is 7. The van der Waals surface area contributed by atoms with E-state index in [9.17, 15) is 9.59 Å². The average Bonchev–Trinajstić information content (AvgIpc) is 3.16. The van der Waals surface area contributed by atoms with Gasteiger partial charge in [0.2, 0.25) is 11.5 Å². The van der Waals surface area contributed by atoms with Crippen LogP contribution in [0.15, 0.2) is 57.9 Å². The first-order chi connectivity index (χ1) is 16.9. The molecule has 3 heterocycles. The number of hydrogen-bond donors (Lipinski definition) is 0. The Morgan fingerprint density at radius 2 is 1.57 bits per heavy atom. The molecule has 0 aliphatic carbocycles. The molecule has 35 heavy (non-hydrogen) atoms. The second-order valence-corrected chi connectivity index (χ2v) is 8.40. The van der Waals surface area contributed by atoms with Gasteiger partial charge in [0.05, 0.1) is 38.3 Å². The summed E-state index contributed by atoms with van der Waals surface area (Å²) >= 11 is 0. The van der Waals surface area contributed by atoms with Gasteiger partial charge in [-0.25, -0.2) is 4.98 Å². The van der Waals surface area contributed by atoms with Crippen LogP contribution in [-0.2, 0) is 0 Å². The Kier molecular flexibility index (Phi) is 5.43. The maximum Gasteiger partial charge on any atom is 0.296 e. The van der Waals surface area contributed by atoms with Crippen LogP contribution >= 0.6 is 0 Å². The number of methoxy groups -OCH3 is 3. The Bertz CT molecular complexity index is 1520. The summed E-state index contributed by atoms with van der Waals surface area (Å²) in [5.74, 6) is 1.16. The van der Waals surface area contributed by atoms with Crippen molar-refractivity contribution >= 4 is 22.7 Å². The fourth-order valence-corrected chi connectivity index (χ4v) is 4.55. The van der Waals surface area contributed by atoms with Crippen LogP contribution in [0.4, 0.5) is 5.82 Å². The molecule has 0 saturated carbocycles. The molecular formula is C27H24N2O6. The van der Waals surface area contributed by atoms with Gasteiger partial charge in [-0.15, -0.1) is 0 Å². The maximum atomic E-state index is 13.8. The molecule has 178 valence electrons. The van der Waals surface area contributed by atoms with Crippen LogP contribution in [0, 0.1) is 13.8 Å². The first-order valence-corrected chi connectivity index (χ1v) is 11.0. The van der Waals surface area contributed by atoms with Gasteiger partial charge in [-0.2, -0.15) is 0 Å². The Morgan fingerprint density at radius 1 is 0.886 bits per heavy atom. The first-order valence-electron chi connectivity index (χ1n) is 11.0. The molecule has 8 nitrogen and oxygen atoms in total. The Labute approximate surface area is 201 Å². The summed E-state index contributed by atoms with van der Waals surface area (Å²) in [5, 5.41) is 0.410. The number of fused-ring (bicyclic) bond motifs is 2. The lowest BCUT2D eigenvalue weighted by molar-refractivity contribution is 0.0970. The minimum atomic E-state index is -0.818. The Morgan fingerprint density at radius 3 is 2.20 bits per heavy atom. The molecule has 1 aliphatic rings. The molecular weight excluding hydrogens is 448 g/mol. The number of pyridine rings is 1. The van der Waals surface area contributed by atoms with E-state index in [1.807, 2.05) is 26.0 Å². The van der Waals surface area contributed by atoms with Crippen molar-refractivity contribution in [1.29, 1.82) is 0 Å². The van der Waals surface area contributed by atoms with Crippen molar-refractivity contribution in [2.24, 2.45) is 0 Å². The van der Waals surface area contributed by atoms with Crippen molar-refractivity contribution in [2.45, 2.75) is 19.9 Å². The number of ether oxygens (including phenoxy) is 3. The van der Waals surface area contributed by atoms with Crippen LogP contribution in [0.5, 0.6) is 17.2 Å². The van der Waals surface area contributed by atoms with Crippen LogP contribution in [0.3, 0.4) is 0 Å². The third-order valence-electron chi connectivity index (χ3n) is 6.18. The van der Waals surface area contributed by atoms with Crippen LogP contribution in [-0.4, -0.2) is 32.2 Å². The van der Waals surface area contributed by atoms with Crippen molar-refractivity contribution in [1.82, 2.24) is 4.98 Å². The number of carbonyl (C=O) groups is 1. The minimum absolute atomic E-state index is 0.00610. The molecule has 0 N–H and O–H groups in total. The molecule has 0 unspecified atom stereocenters. The largest absolute Gasteiger partial charge is 0.493 e. The van der Waals surface area contributed by atoms with Crippen molar-refractivity contribution in [2.75, 3.05) is 26.2 Å². The van der Waals surface area contributed by atoms with Crippen molar-refractivity contribution in [3.63, 3.8) is 0 Å². The predicted molar refractivity (Wildman–Crippen MR) is 131 cm³/mol. The molecule has 0 saturated heterocycles. The Hall–Kier alpha value is -4.33. The average molecular weight is 472 g/mol. The first kappa shape index (κ1) is 22.5. The summed E-state index contributed by atoms with van der Waals surface area (Å²) in [6.45, 7) is 3.81. The second-order valence-electron chi connectivity index (χ2n) is 8.40. The molecule has 8 heteroatoms. The van der Waals surface area contributed by atoms with Gasteiger partial charge in [0.15, 0.2) is 16.9 Å². The van der Waals surface area contributed by atoms with E-state index >= 15 is 0 Å². The number of aryl methyl sites for hydroxylation is 2. The van der Waals surface area contributed by atoms with Gasteiger partial charge in [-0.05, 0) is 61.4 Å². The van der Waals surface area contributed by atoms with Crippen molar-refractivity contribution in [3.05, 3.63) is 86.9 Å². The second kappa shape index (κ2) is 8.47. The van der Waals surface area contributed by atoms with Crippen LogP contribution < -0.4 is 24.5 Å². The highest BCUT2D eigenvalue weighted by atomic mass is 16.5. The van der Waals surface area contributed by atoms with Gasteiger partial charge < -0.3 is 18.6 Å². The van der Waals surface area contributed by atoms with E-state index in [-0.39, 0.29) is 16.8 Å². The molecule has 2 aromatic carbocycles. The lowest BCUT2D eigenvalue weighted by Gasteiger charge is -2.25. The van der Waals surface area contributed by atoms with E-state index in [0.717, 1.165) is 11.1 Å². The number of anilines is 1. The van der Waals surface area contributed by atoms with Gasteiger partial charge in [0.1, 0.15) is 11.4 Å². The van der Waals surface area contributed by atoms with Crippen LogP contribution in [0.1, 0.15) is 38.9 Å². The normalized spacial score (nSPS) is 14.8. The highest BCUT2D eigenvalue weighted by molar-refractivity contribution is 6.10. The van der Waals surface area contributed by atoms with E-state index in [4.69, 9.17) is 18.6 Å². The number of amides is 1. The van der Waals surface area contributed by atoms with Gasteiger partial charge in [0, 0.05) is 6.20 Å². The highest BCUT2D eigenvalue weighted by Gasteiger charge is 2.45. The van der Waals surface area contributed by atoms with Crippen molar-refractivity contribution < 1.29 is 23.4 Å². The molecule has 1 aliphatic heterocycles. The molecule has 1 amide bonds. The molecule has 0 bridgehead atoms. The van der Waals surface area contributed by atoms with Gasteiger partial charge in [-0.1, -0.05) is 11.6 Å². The Balaban J connectivity index is 1.85. The van der Waals surface area contributed by atoms with E-state index in [1.165, 1.54) is 26.2 Å². The van der Waals surface area contributed by atoms with Gasteiger partial charge in [-0.3, -0.25) is 14.5 Å². The van der Waals surface area contributed by atoms with Crippen LogP contribution in [0.2, 0.25) is 0 Å². The monoisotopic (exact) mass is 472 g/mol. The summed E-state index contributed by atoms with van der Waals surface area (Å²) in [4.78, 5) is 33.5. The third kappa shape index (κ3) is 3.49. The lowest BCUT2D eigenvalue weighted by Crippen LogP contribution is -2.30. The third-order valence-corrected chi connectivity index (χ3v) is 6.18. The van der Waals surface area contributed by atoms with Gasteiger partial charge in [0.25, 0.3) is 5.91 Å². The van der Waals surface area contributed by atoms with E-state index < -0.39 is 11.9 Å². The van der Waals surface area contributed by atoms with Crippen LogP contribution in [0.25, 0.3) is 11.0 Å². The number of nitrogens with zero attached hydrogens (tertiary/aromatic N) is 2. The van der Waals surface area contributed by atoms with Crippen molar-refractivity contribution in [3.8, 4) is 17.2 Å². The lowest BCUT2D eigenvalue weighted by atomic mass is 9.97. The summed E-state index contributed by atoms with van der Waals surface area (Å²) < 4.78 is 22.6. The van der Waals surface area contributed by atoms with E-state index in [0.29, 0.717) is 39.6 Å². The zero-order chi connectivity index (χ0) is 24.9. The number of aromatic nitrogens is 1. The molecule has 0 spiro atoms. The predicted octanol–water partition coefficient (Wildman–Crippen LogP) is 4.58. The molecule has 1 atom stereocenters. The molecule has 4 aromatic rings. The smallest absolute Gasteiger partial charge is 0.296 e. The highest BCUT2D eigenvalue weighted by Crippen LogP contribution is 2.46. The summed E-state index contributed by atoms with van der Waals surface area (Å²) in [6, 6.07) is 11.6. The summed E-state index contributed by atoms with van der Waals surface area (Å²) in [6.07, 6.45) is 1.63. The summed E-state index contributed by atoms with van der Waals surface area (Å²) in [7, 11) is 4.54. The number of carbonyl (C=O) groups excluding carboxylic acids is 1. The molecule has 0 fully saturated rings. The fraction of sp³-hybridized carbons (Fsp3) is 0.222. The number of rotatable bonds is 5. The minimum Gasteiger partial charge on any atom is -0.493 e. The summed E-state index contributed by atoms with van der Waals surface area (Å²) in [5.41, 5.74) is 2.75.